The Bertz CT molecular complexity index is 2000. The predicted octanol–water partition coefficient (Wildman–Crippen LogP) is 5.42. The summed E-state index contributed by atoms with van der Waals surface area (Å²) in [5.41, 5.74) is 4.37. The van der Waals surface area contributed by atoms with Gasteiger partial charge in [0, 0.05) is 36.8 Å². The van der Waals surface area contributed by atoms with Gasteiger partial charge in [-0.1, -0.05) is 66.8 Å². The van der Waals surface area contributed by atoms with Crippen LogP contribution in [0.5, 0.6) is 5.75 Å². The molecule has 0 radical (unpaired) electrons. The normalized spacial score (nSPS) is 15.7. The molecule has 0 fully saturated rings. The van der Waals surface area contributed by atoms with E-state index in [-0.39, 0.29) is 19.5 Å². The van der Waals surface area contributed by atoms with Gasteiger partial charge in [-0.15, -0.1) is 4.36 Å². The molecule has 1 unspecified atom stereocenters. The summed E-state index contributed by atoms with van der Waals surface area (Å²) in [7, 11) is -7.98. The summed E-state index contributed by atoms with van der Waals surface area (Å²) < 4.78 is 67.8. The number of hydrogen-bond donors (Lipinski definition) is 1. The van der Waals surface area contributed by atoms with Gasteiger partial charge in [0.05, 0.1) is 15.8 Å². The first-order chi connectivity index (χ1) is 20.9. The maximum atomic E-state index is 12.6. The van der Waals surface area contributed by atoms with Crippen LogP contribution >= 0.6 is 11.3 Å². The number of nitrogens with zero attached hydrogens (tertiary/aromatic N) is 3. The number of ether oxygens (including phenoxy) is 1. The lowest BCUT2D eigenvalue weighted by molar-refractivity contribution is -0.655. The van der Waals surface area contributed by atoms with Gasteiger partial charge >= 0.3 is 5.91 Å². The number of amides is 1. The predicted molar refractivity (Wildman–Crippen MR) is 172 cm³/mol. The van der Waals surface area contributed by atoms with Crippen LogP contribution in [0.3, 0.4) is 0 Å². The van der Waals surface area contributed by atoms with Gasteiger partial charge in [0.15, 0.2) is 15.8 Å². The summed E-state index contributed by atoms with van der Waals surface area (Å²) in [5.74, 6) is -0.137. The molecule has 5 rings (SSSR count). The number of carbonyl (C=O) groups is 1. The molecular weight excluding hydrogens is 623 g/mol. The average Bonchev–Trinajstić information content (AvgIpc) is 3.48. The van der Waals surface area contributed by atoms with Crippen LogP contribution in [0.4, 0.5) is 5.69 Å². The minimum atomic E-state index is -4.39. The Labute approximate surface area is 260 Å². The Balaban J connectivity index is 1.54. The van der Waals surface area contributed by atoms with Crippen molar-refractivity contribution >= 4 is 59.4 Å². The zero-order valence-electron chi connectivity index (χ0n) is 24.1. The largest absolute Gasteiger partial charge is 0.748 e. The van der Waals surface area contributed by atoms with Crippen LogP contribution in [0.25, 0.3) is 27.4 Å². The molecule has 44 heavy (non-hydrogen) atoms. The summed E-state index contributed by atoms with van der Waals surface area (Å²) in [6, 6.07) is 23.2. The monoisotopic (exact) mass is 653 g/mol. The number of aromatic nitrogens is 1. The topological polar surface area (TPSA) is 140 Å². The summed E-state index contributed by atoms with van der Waals surface area (Å²) in [4.78, 5) is 14.5. The van der Waals surface area contributed by atoms with E-state index < -0.39 is 31.8 Å². The lowest BCUT2D eigenvalue weighted by atomic mass is 10.0. The second-order valence-electron chi connectivity index (χ2n) is 10.2. The smallest absolute Gasteiger partial charge is 0.321 e. The van der Waals surface area contributed by atoms with Gasteiger partial charge < -0.3 is 18.7 Å². The van der Waals surface area contributed by atoms with Gasteiger partial charge in [-0.3, -0.25) is 4.79 Å². The average molecular weight is 654 g/mol. The first-order valence-electron chi connectivity index (χ1n) is 13.8. The zero-order valence-corrected chi connectivity index (χ0v) is 26.5. The van der Waals surface area contributed by atoms with Crippen LogP contribution in [0, 0.1) is 0 Å². The van der Waals surface area contributed by atoms with Gasteiger partial charge in [-0.2, -0.15) is 4.57 Å². The molecule has 230 valence electrons. The van der Waals surface area contributed by atoms with E-state index in [0.717, 1.165) is 43.9 Å². The molecule has 1 aliphatic heterocycles. The first-order valence-corrected chi connectivity index (χ1v) is 18.1. The molecule has 13 heteroatoms. The molecular formula is C31H31N3O7S3. The van der Waals surface area contributed by atoms with Gasteiger partial charge in [0.2, 0.25) is 17.9 Å². The number of allylic oxidation sites excluding steroid dienone is 2. The van der Waals surface area contributed by atoms with E-state index in [1.54, 1.807) is 4.57 Å². The third kappa shape index (κ3) is 7.79. The van der Waals surface area contributed by atoms with E-state index >= 15 is 0 Å². The molecule has 1 N–H and O–H groups in total. The van der Waals surface area contributed by atoms with Crippen molar-refractivity contribution in [2.24, 2.45) is 4.36 Å². The number of para-hydroxylation sites is 1. The van der Waals surface area contributed by atoms with E-state index in [9.17, 15) is 26.5 Å². The fraction of sp³-hybridized carbons (Fsp3) is 0.226. The minimum absolute atomic E-state index is 0.111. The maximum Gasteiger partial charge on any atom is 0.321 e. The molecule has 10 nitrogen and oxygen atoms in total. The molecule has 4 aromatic rings. The lowest BCUT2D eigenvalue weighted by Crippen LogP contribution is -2.39. The Morgan fingerprint density at radius 2 is 1.80 bits per heavy atom. The van der Waals surface area contributed by atoms with Crippen molar-refractivity contribution in [3.63, 3.8) is 0 Å². The van der Waals surface area contributed by atoms with Gasteiger partial charge in [0.25, 0.3) is 5.01 Å². The molecule has 0 aliphatic carbocycles. The standard InChI is InChI=1S/C31H31N3O7S3/c1-3-22(19-31-34(21-29(35)32-43(2,36)37)25-12-7-8-13-28(25)42-31)18-30-33(16-9-17-44(38,39)40)26-20-24(14-15-27(26)41-30)23-10-5-4-6-11-23/h4-8,10-15,18-20H,3,9,16-17,21H2,1-2H3,(H-,32,35,36,37,38,39,40). The quantitative estimate of drug-likeness (QED) is 0.177. The van der Waals surface area contributed by atoms with Crippen LogP contribution in [0.15, 0.2) is 94.7 Å². The lowest BCUT2D eigenvalue weighted by Gasteiger charge is -2.19. The highest BCUT2D eigenvalue weighted by molar-refractivity contribution is 7.87. The van der Waals surface area contributed by atoms with Crippen molar-refractivity contribution < 1.29 is 35.8 Å². The van der Waals surface area contributed by atoms with Crippen molar-refractivity contribution in [2.45, 2.75) is 26.3 Å². The van der Waals surface area contributed by atoms with E-state index in [1.165, 1.54) is 11.3 Å². The van der Waals surface area contributed by atoms with Gasteiger partial charge in [-0.05, 0) is 47.7 Å². The first kappa shape index (κ1) is 31.5. The van der Waals surface area contributed by atoms with Crippen molar-refractivity contribution in [1.29, 1.82) is 0 Å². The van der Waals surface area contributed by atoms with Crippen molar-refractivity contribution in [1.82, 2.24) is 0 Å². The number of anilines is 1. The third-order valence-corrected chi connectivity index (χ3v) is 9.28. The molecule has 1 atom stereocenters. The zero-order chi connectivity index (χ0) is 31.5. The van der Waals surface area contributed by atoms with Crippen molar-refractivity contribution in [2.75, 3.05) is 23.5 Å². The molecule has 1 aromatic heterocycles. The van der Waals surface area contributed by atoms with Crippen molar-refractivity contribution in [3.8, 4) is 16.9 Å². The number of thiazole rings is 1. The van der Waals surface area contributed by atoms with Crippen molar-refractivity contribution in [3.05, 3.63) is 95.3 Å². The third-order valence-electron chi connectivity index (χ3n) is 6.84. The molecule has 1 aliphatic rings. The Morgan fingerprint density at radius 1 is 1.07 bits per heavy atom. The van der Waals surface area contributed by atoms with Crippen LogP contribution in [-0.4, -0.2) is 46.2 Å². The highest BCUT2D eigenvalue weighted by atomic mass is 32.2. The second-order valence-corrected chi connectivity index (χ2v) is 14.5. The second kappa shape index (κ2) is 13.0. The Kier molecular flexibility index (Phi) is 9.32. The number of fused-ring (bicyclic) bond motifs is 2. The van der Waals surface area contributed by atoms with Crippen LogP contribution in [0.1, 0.15) is 24.8 Å². The fourth-order valence-electron chi connectivity index (χ4n) is 4.89. The fourth-order valence-corrected chi connectivity index (χ4v) is 6.94. The SMILES string of the molecule is CCC(/C=C1\Oc2ccc(-c3ccccc3)cc2N1CCCS(=O)(=O)[O-])=C\c1sc2ccccc2[n+]1CC(=O)N=S(C)(=O)O. The summed E-state index contributed by atoms with van der Waals surface area (Å²) in [6.45, 7) is 2.00. The molecule has 2 heterocycles. The summed E-state index contributed by atoms with van der Waals surface area (Å²) in [6.07, 6.45) is 5.48. The maximum absolute atomic E-state index is 12.6. The number of carbonyl (C=O) groups excluding carboxylic acids is 1. The summed E-state index contributed by atoms with van der Waals surface area (Å²) >= 11 is 1.46. The molecule has 0 saturated heterocycles. The molecule has 0 bridgehead atoms. The van der Waals surface area contributed by atoms with E-state index in [1.807, 2.05) is 96.8 Å². The van der Waals surface area contributed by atoms with Crippen LogP contribution < -0.4 is 14.2 Å². The number of benzene rings is 3. The Hall–Kier alpha value is -3.88. The van der Waals surface area contributed by atoms with Gasteiger partial charge in [0.1, 0.15) is 4.70 Å². The van der Waals surface area contributed by atoms with Gasteiger partial charge in [-0.25, -0.2) is 12.6 Å². The van der Waals surface area contributed by atoms with E-state index in [4.69, 9.17) is 4.74 Å². The van der Waals surface area contributed by atoms with E-state index in [0.29, 0.717) is 18.1 Å². The molecule has 0 saturated carbocycles. The Morgan fingerprint density at radius 3 is 2.50 bits per heavy atom. The number of hydrogen-bond acceptors (Lipinski definition) is 8. The highest BCUT2D eigenvalue weighted by Gasteiger charge is 2.28. The molecule has 1 amide bonds. The number of rotatable bonds is 10. The van der Waals surface area contributed by atoms with Crippen LogP contribution in [-0.2, 0) is 31.5 Å². The summed E-state index contributed by atoms with van der Waals surface area (Å²) in [5, 5.41) is 0.731. The molecule has 3 aromatic carbocycles. The van der Waals surface area contributed by atoms with E-state index in [2.05, 4.69) is 4.36 Å². The van der Waals surface area contributed by atoms with Crippen LogP contribution in [0.2, 0.25) is 0 Å². The highest BCUT2D eigenvalue weighted by Crippen LogP contribution is 2.42. The minimum Gasteiger partial charge on any atom is -0.748 e. The molecule has 0 spiro atoms.